The molecule has 0 aliphatic rings. The highest BCUT2D eigenvalue weighted by Gasteiger charge is 2.13. The molecule has 0 aliphatic heterocycles. The highest BCUT2D eigenvalue weighted by Crippen LogP contribution is 2.21. The van der Waals surface area contributed by atoms with E-state index in [4.69, 9.17) is 17.3 Å². The molecule has 0 aromatic heterocycles. The van der Waals surface area contributed by atoms with E-state index in [1.807, 2.05) is 12.1 Å². The fourth-order valence-corrected chi connectivity index (χ4v) is 1.92. The number of ketones is 1. The van der Waals surface area contributed by atoms with Crippen LogP contribution in [0, 0.1) is 0 Å². The molecule has 0 fully saturated rings. The van der Waals surface area contributed by atoms with E-state index in [9.17, 15) is 4.79 Å². The first-order valence-electron chi connectivity index (χ1n) is 4.23. The van der Waals surface area contributed by atoms with Crippen LogP contribution in [0.1, 0.15) is 22.3 Å². The number of benzene rings is 1. The standard InChI is InChI=1S/C10H11BrClNO/c11-6-7-2-1-3-8(13)10(7)9(14)4-5-12/h1-3H,4-6,13H2. The Balaban J connectivity index is 3.10. The monoisotopic (exact) mass is 275 g/mol. The topological polar surface area (TPSA) is 43.1 Å². The average Bonchev–Trinajstić information content (AvgIpc) is 2.17. The molecule has 1 rings (SSSR count). The second-order valence-electron chi connectivity index (χ2n) is 2.88. The molecule has 0 aliphatic carbocycles. The zero-order valence-corrected chi connectivity index (χ0v) is 9.94. The summed E-state index contributed by atoms with van der Waals surface area (Å²) in [5.41, 5.74) is 7.79. The maximum atomic E-state index is 11.7. The summed E-state index contributed by atoms with van der Waals surface area (Å²) in [5.74, 6) is 0.335. The van der Waals surface area contributed by atoms with Crippen LogP contribution in [0.15, 0.2) is 18.2 Å². The van der Waals surface area contributed by atoms with Crippen molar-refractivity contribution in [3.63, 3.8) is 0 Å². The molecular formula is C10H11BrClNO. The van der Waals surface area contributed by atoms with Crippen LogP contribution in [0.2, 0.25) is 0 Å². The molecule has 0 atom stereocenters. The Morgan fingerprint density at radius 2 is 2.21 bits per heavy atom. The van der Waals surface area contributed by atoms with E-state index in [1.54, 1.807) is 6.07 Å². The van der Waals surface area contributed by atoms with E-state index in [-0.39, 0.29) is 5.78 Å². The van der Waals surface area contributed by atoms with Crippen LogP contribution in [0.3, 0.4) is 0 Å². The quantitative estimate of drug-likeness (QED) is 0.522. The van der Waals surface area contributed by atoms with E-state index in [2.05, 4.69) is 15.9 Å². The van der Waals surface area contributed by atoms with Gasteiger partial charge in [-0.3, -0.25) is 4.79 Å². The number of rotatable bonds is 4. The van der Waals surface area contributed by atoms with Crippen molar-refractivity contribution in [2.24, 2.45) is 0 Å². The normalized spacial score (nSPS) is 10.1. The van der Waals surface area contributed by atoms with Crippen LogP contribution in [-0.4, -0.2) is 11.7 Å². The molecule has 76 valence electrons. The second-order valence-corrected chi connectivity index (χ2v) is 3.82. The number of carbonyl (C=O) groups is 1. The Labute approximate surface area is 96.6 Å². The molecule has 0 radical (unpaired) electrons. The minimum absolute atomic E-state index is 0.00699. The van der Waals surface area contributed by atoms with Gasteiger partial charge in [0, 0.05) is 28.9 Å². The van der Waals surface area contributed by atoms with Gasteiger partial charge in [-0.1, -0.05) is 28.1 Å². The minimum Gasteiger partial charge on any atom is -0.398 e. The highest BCUT2D eigenvalue weighted by atomic mass is 79.9. The molecule has 1 aromatic rings. The van der Waals surface area contributed by atoms with Gasteiger partial charge in [0.25, 0.3) is 0 Å². The van der Waals surface area contributed by atoms with Gasteiger partial charge in [0.15, 0.2) is 5.78 Å². The maximum Gasteiger partial charge on any atom is 0.166 e. The van der Waals surface area contributed by atoms with Crippen molar-refractivity contribution in [2.75, 3.05) is 11.6 Å². The molecule has 0 amide bonds. The van der Waals surface area contributed by atoms with Crippen molar-refractivity contribution < 1.29 is 4.79 Å². The van der Waals surface area contributed by atoms with Gasteiger partial charge < -0.3 is 5.73 Å². The predicted octanol–water partition coefficient (Wildman–Crippen LogP) is 2.98. The third-order valence-corrected chi connectivity index (χ3v) is 2.72. The van der Waals surface area contributed by atoms with Crippen molar-refractivity contribution in [3.8, 4) is 0 Å². The maximum absolute atomic E-state index is 11.7. The van der Waals surface area contributed by atoms with Crippen LogP contribution in [-0.2, 0) is 5.33 Å². The fourth-order valence-electron chi connectivity index (χ4n) is 1.28. The fraction of sp³-hybridized carbons (Fsp3) is 0.300. The summed E-state index contributed by atoms with van der Waals surface area (Å²) in [5, 5.41) is 0.626. The molecular weight excluding hydrogens is 265 g/mol. The summed E-state index contributed by atoms with van der Waals surface area (Å²) < 4.78 is 0. The number of nitrogen functional groups attached to an aromatic ring is 1. The summed E-state index contributed by atoms with van der Waals surface area (Å²) in [6, 6.07) is 5.45. The van der Waals surface area contributed by atoms with E-state index in [1.165, 1.54) is 0 Å². The molecule has 0 spiro atoms. The number of carbonyl (C=O) groups excluding carboxylic acids is 1. The van der Waals surface area contributed by atoms with E-state index < -0.39 is 0 Å². The molecule has 14 heavy (non-hydrogen) atoms. The number of hydrogen-bond donors (Lipinski definition) is 1. The molecule has 2 nitrogen and oxygen atoms in total. The molecule has 1 aromatic carbocycles. The van der Waals surface area contributed by atoms with Gasteiger partial charge in [0.1, 0.15) is 0 Å². The molecule has 0 saturated heterocycles. The van der Waals surface area contributed by atoms with Gasteiger partial charge in [-0.15, -0.1) is 11.6 Å². The highest BCUT2D eigenvalue weighted by molar-refractivity contribution is 9.08. The molecule has 2 N–H and O–H groups in total. The van der Waals surface area contributed by atoms with Gasteiger partial charge in [-0.25, -0.2) is 0 Å². The first kappa shape index (κ1) is 11.5. The lowest BCUT2D eigenvalue weighted by atomic mass is 10.0. The molecule has 0 saturated carbocycles. The number of hydrogen-bond acceptors (Lipinski definition) is 2. The van der Waals surface area contributed by atoms with Crippen LogP contribution in [0.25, 0.3) is 0 Å². The predicted molar refractivity (Wildman–Crippen MR) is 63.2 cm³/mol. The second kappa shape index (κ2) is 5.37. The smallest absolute Gasteiger partial charge is 0.166 e. The van der Waals surface area contributed by atoms with Crippen molar-refractivity contribution in [1.82, 2.24) is 0 Å². The van der Waals surface area contributed by atoms with Gasteiger partial charge in [-0.05, 0) is 11.6 Å². The number of alkyl halides is 2. The van der Waals surface area contributed by atoms with Gasteiger partial charge in [0.2, 0.25) is 0 Å². The van der Waals surface area contributed by atoms with Crippen LogP contribution in [0.4, 0.5) is 5.69 Å². The Hall–Kier alpha value is -0.540. The Morgan fingerprint density at radius 1 is 1.50 bits per heavy atom. The molecule has 0 heterocycles. The zero-order valence-electron chi connectivity index (χ0n) is 7.59. The van der Waals surface area contributed by atoms with Gasteiger partial charge in [-0.2, -0.15) is 0 Å². The van der Waals surface area contributed by atoms with Crippen molar-refractivity contribution in [2.45, 2.75) is 11.8 Å². The summed E-state index contributed by atoms with van der Waals surface area (Å²) in [7, 11) is 0. The molecule has 4 heteroatoms. The molecule has 0 bridgehead atoms. The van der Waals surface area contributed by atoms with Gasteiger partial charge >= 0.3 is 0 Å². The van der Waals surface area contributed by atoms with E-state index in [0.29, 0.717) is 28.9 Å². The lowest BCUT2D eigenvalue weighted by Crippen LogP contribution is -2.07. The lowest BCUT2D eigenvalue weighted by Gasteiger charge is -2.08. The van der Waals surface area contributed by atoms with E-state index in [0.717, 1.165) is 5.56 Å². The summed E-state index contributed by atoms with van der Waals surface area (Å²) in [4.78, 5) is 11.7. The van der Waals surface area contributed by atoms with E-state index >= 15 is 0 Å². The van der Waals surface area contributed by atoms with Crippen molar-refractivity contribution in [3.05, 3.63) is 29.3 Å². The van der Waals surface area contributed by atoms with Crippen LogP contribution >= 0.6 is 27.5 Å². The number of nitrogens with two attached hydrogens (primary N) is 1. The Morgan fingerprint density at radius 3 is 2.79 bits per heavy atom. The molecule has 0 unspecified atom stereocenters. The first-order valence-corrected chi connectivity index (χ1v) is 5.88. The number of Topliss-reactive ketones (excluding diaryl/α,β-unsaturated/α-hetero) is 1. The Kier molecular flexibility index (Phi) is 4.42. The first-order chi connectivity index (χ1) is 6.70. The van der Waals surface area contributed by atoms with Crippen molar-refractivity contribution >= 4 is 39.0 Å². The summed E-state index contributed by atoms with van der Waals surface area (Å²) >= 11 is 8.84. The van der Waals surface area contributed by atoms with Crippen LogP contribution < -0.4 is 5.73 Å². The Bertz CT molecular complexity index is 341. The number of halogens is 2. The lowest BCUT2D eigenvalue weighted by molar-refractivity contribution is 0.0989. The van der Waals surface area contributed by atoms with Crippen molar-refractivity contribution in [1.29, 1.82) is 0 Å². The third kappa shape index (κ3) is 2.49. The summed E-state index contributed by atoms with van der Waals surface area (Å²) in [6.45, 7) is 0. The minimum atomic E-state index is 0.00699. The zero-order chi connectivity index (χ0) is 10.6. The largest absolute Gasteiger partial charge is 0.398 e. The SMILES string of the molecule is Nc1cccc(CBr)c1C(=O)CCCl. The average molecular weight is 277 g/mol. The van der Waals surface area contributed by atoms with Crippen LogP contribution in [0.5, 0.6) is 0 Å². The number of anilines is 1. The summed E-state index contributed by atoms with van der Waals surface area (Å²) in [6.07, 6.45) is 0.329. The van der Waals surface area contributed by atoms with Gasteiger partial charge in [0.05, 0.1) is 0 Å². The third-order valence-electron chi connectivity index (χ3n) is 1.93.